The van der Waals surface area contributed by atoms with Crippen molar-refractivity contribution in [1.82, 2.24) is 40.4 Å². The molecule has 2 aliphatic carbocycles. The molecule has 16 nitrogen and oxygen atoms in total. The summed E-state index contributed by atoms with van der Waals surface area (Å²) in [5, 5.41) is 14.0. The quantitative estimate of drug-likeness (QED) is 0.115. The van der Waals surface area contributed by atoms with Crippen LogP contribution in [-0.4, -0.2) is 129 Å². The molecule has 10 rings (SSSR count). The molecule has 4 aromatic rings. The summed E-state index contributed by atoms with van der Waals surface area (Å²) in [5.74, 6) is 2.95. The molecule has 4 amide bonds. The third-order valence-corrected chi connectivity index (χ3v) is 14.6. The molecule has 0 bridgehead atoms. The highest BCUT2D eigenvalue weighted by atomic mass is 35.5. The van der Waals surface area contributed by atoms with Crippen molar-refractivity contribution in [1.29, 1.82) is 0 Å². The molecule has 368 valence electrons. The summed E-state index contributed by atoms with van der Waals surface area (Å²) in [7, 11) is 0. The summed E-state index contributed by atoms with van der Waals surface area (Å²) < 4.78 is 0. The first-order chi connectivity index (χ1) is 32.7. The molecule has 2 aromatic carbocycles. The highest BCUT2D eigenvalue weighted by Gasteiger charge is 2.54. The molecule has 18 heteroatoms. The van der Waals surface area contributed by atoms with Crippen LogP contribution in [0.15, 0.2) is 61.2 Å². The third kappa shape index (κ3) is 10.7. The van der Waals surface area contributed by atoms with E-state index in [1.807, 2.05) is 62.4 Å². The van der Waals surface area contributed by atoms with Crippen molar-refractivity contribution in [2.24, 2.45) is 0 Å². The van der Waals surface area contributed by atoms with Crippen molar-refractivity contribution in [3.63, 3.8) is 0 Å². The zero-order chi connectivity index (χ0) is 48.0. The number of rotatable bonds is 12. The van der Waals surface area contributed by atoms with Crippen molar-refractivity contribution in [3.8, 4) is 0 Å². The molecule has 2 saturated carbocycles. The largest absolute Gasteiger partial charge is 0.349 e. The van der Waals surface area contributed by atoms with E-state index in [0.717, 1.165) is 46.7 Å². The van der Waals surface area contributed by atoms with Crippen LogP contribution < -0.4 is 31.1 Å². The number of carbonyl (C=O) groups excluding carboxylic acids is 4. The molecule has 8 atom stereocenters. The van der Waals surface area contributed by atoms with Crippen LogP contribution >= 0.6 is 23.2 Å². The second kappa shape index (κ2) is 20.9. The number of aromatic nitrogens is 4. The lowest BCUT2D eigenvalue weighted by molar-refractivity contribution is -0.134. The van der Waals surface area contributed by atoms with E-state index in [1.165, 1.54) is 12.7 Å². The second-order valence-electron chi connectivity index (χ2n) is 19.8. The summed E-state index contributed by atoms with van der Waals surface area (Å²) in [6, 6.07) is 16.6. The summed E-state index contributed by atoms with van der Waals surface area (Å²) in [4.78, 5) is 78.0. The zero-order valence-electron chi connectivity index (χ0n) is 39.6. The average Bonchev–Trinajstić information content (AvgIpc) is 4.25. The van der Waals surface area contributed by atoms with Gasteiger partial charge in [0.2, 0.25) is 23.6 Å². The van der Waals surface area contributed by atoms with E-state index in [0.29, 0.717) is 85.9 Å². The van der Waals surface area contributed by atoms with Crippen LogP contribution in [-0.2, 0) is 19.2 Å². The van der Waals surface area contributed by atoms with Gasteiger partial charge in [0.05, 0.1) is 36.0 Å². The van der Waals surface area contributed by atoms with Gasteiger partial charge in [0.1, 0.15) is 35.9 Å². The van der Waals surface area contributed by atoms with E-state index < -0.39 is 0 Å². The number of nitrogens with one attached hydrogen (secondary N) is 4. The van der Waals surface area contributed by atoms with Gasteiger partial charge >= 0.3 is 0 Å². The normalized spacial score (nSPS) is 24.0. The molecule has 0 radical (unpaired) electrons. The number of carbonyl (C=O) groups is 4. The number of amides is 4. The second-order valence-corrected chi connectivity index (χ2v) is 20.6. The topological polar surface area (TPSA) is 181 Å². The number of fused-ring (bicyclic) bond motifs is 4. The highest BCUT2D eigenvalue weighted by molar-refractivity contribution is 6.30. The van der Waals surface area contributed by atoms with E-state index in [4.69, 9.17) is 23.2 Å². The van der Waals surface area contributed by atoms with Crippen molar-refractivity contribution in [2.45, 2.75) is 135 Å². The Balaban J connectivity index is 0.000000183. The summed E-state index contributed by atoms with van der Waals surface area (Å²) in [5.41, 5.74) is 3.98. The van der Waals surface area contributed by atoms with Crippen LogP contribution in [0.25, 0.3) is 0 Å². The van der Waals surface area contributed by atoms with Crippen LogP contribution in [0.1, 0.15) is 121 Å². The van der Waals surface area contributed by atoms with Crippen molar-refractivity contribution in [2.75, 3.05) is 59.7 Å². The molecule has 2 aromatic heterocycles. The Labute approximate surface area is 415 Å². The number of nitrogens with zero attached hydrogens (tertiary/aromatic N) is 8. The summed E-state index contributed by atoms with van der Waals surface area (Å²) >= 11 is 12.2. The van der Waals surface area contributed by atoms with Gasteiger partial charge in [0, 0.05) is 85.4 Å². The van der Waals surface area contributed by atoms with E-state index in [9.17, 15) is 19.2 Å². The Morgan fingerprint density at radius 3 is 1.35 bits per heavy atom. The van der Waals surface area contributed by atoms with Crippen LogP contribution in [0.5, 0.6) is 0 Å². The fourth-order valence-electron chi connectivity index (χ4n) is 10.5. The van der Waals surface area contributed by atoms with E-state index in [2.05, 4.69) is 88.5 Å². The minimum atomic E-state index is -0.255. The van der Waals surface area contributed by atoms with Crippen LogP contribution in [0, 0.1) is 0 Å². The van der Waals surface area contributed by atoms with E-state index in [-0.39, 0.29) is 78.9 Å². The fourth-order valence-corrected chi connectivity index (χ4v) is 10.8. The smallest absolute Gasteiger partial charge is 0.231 e. The monoisotopic (exact) mass is 980 g/mol. The number of piperazine rings is 2. The van der Waals surface area contributed by atoms with Crippen molar-refractivity contribution in [3.05, 3.63) is 93.5 Å². The minimum Gasteiger partial charge on any atom is -0.349 e. The van der Waals surface area contributed by atoms with Gasteiger partial charge in [0.15, 0.2) is 0 Å². The lowest BCUT2D eigenvalue weighted by Gasteiger charge is -2.38. The zero-order valence-corrected chi connectivity index (χ0v) is 41.1. The molecular formula is C51H66Cl2N12O4. The molecule has 6 heterocycles. The molecule has 4 N–H and O–H groups in total. The molecule has 2 saturated heterocycles. The lowest BCUT2D eigenvalue weighted by atomic mass is 9.94. The first-order valence-corrected chi connectivity index (χ1v) is 24.8. The molecule has 4 aliphatic heterocycles. The maximum atomic E-state index is 13.8. The lowest BCUT2D eigenvalue weighted by Crippen LogP contribution is -2.51. The Morgan fingerprint density at radius 2 is 0.986 bits per heavy atom. The minimum absolute atomic E-state index is 0. The predicted molar refractivity (Wildman–Crippen MR) is 271 cm³/mol. The molecule has 0 spiro atoms. The number of benzene rings is 2. The number of hydrogen-bond acceptors (Lipinski definition) is 12. The van der Waals surface area contributed by atoms with E-state index >= 15 is 0 Å². The maximum Gasteiger partial charge on any atom is 0.231 e. The molecular weight excluding hydrogens is 916 g/mol. The van der Waals surface area contributed by atoms with Crippen molar-refractivity contribution >= 4 is 70.1 Å². The van der Waals surface area contributed by atoms with Gasteiger partial charge in [-0.2, -0.15) is 0 Å². The molecule has 4 fully saturated rings. The summed E-state index contributed by atoms with van der Waals surface area (Å²) in [6.45, 7) is 16.3. The van der Waals surface area contributed by atoms with Gasteiger partial charge in [-0.25, -0.2) is 19.9 Å². The van der Waals surface area contributed by atoms with Gasteiger partial charge in [-0.05, 0) is 60.1 Å². The van der Waals surface area contributed by atoms with Crippen LogP contribution in [0.2, 0.25) is 10.0 Å². The SMILES string of the molecule is C.CC(C)NC[C@@H](C(=O)N1CCN(c2ncnc3c2[C@H](C)CC(=O)N3)[C@@H]2C[C@@H]21)c1ccc(Cl)cc1.CC(C)NC[C@@H](C(=O)N1CCN(c2ncnc3c2[C@H](C)CC(=O)N3)[C@H]2C[C@H]21)c1ccc(Cl)cc1. The predicted octanol–water partition coefficient (Wildman–Crippen LogP) is 6.93. The first kappa shape index (κ1) is 50.0. The molecule has 0 unspecified atom stereocenters. The number of anilines is 4. The standard InChI is InChI=1S/2C25H31ClN6O2.CH4/c2*1-14(2)27-12-18(16-4-6-17(26)7-5-16)25(34)32-9-8-31(19-11-20(19)32)24-22-15(3)10-21(33)30-23(22)28-13-29-24;/h2*4-7,13-15,18-20,27H,8-12H2,1-3H3,(H,28,29,30,33);1H4/t15-,18-,19+,20-;15-,18-,19-,20+;/m11./s1. The first-order valence-electron chi connectivity index (χ1n) is 24.1. The number of halogens is 2. The molecule has 6 aliphatic rings. The molecule has 69 heavy (non-hydrogen) atoms. The van der Waals surface area contributed by atoms with Crippen molar-refractivity contribution < 1.29 is 19.2 Å². The van der Waals surface area contributed by atoms with Gasteiger partial charge in [0.25, 0.3) is 0 Å². The number of hydrogen-bond donors (Lipinski definition) is 4. The Morgan fingerprint density at radius 1 is 0.609 bits per heavy atom. The van der Waals surface area contributed by atoms with Gasteiger partial charge in [-0.3, -0.25) is 19.2 Å². The van der Waals surface area contributed by atoms with Crippen LogP contribution in [0.4, 0.5) is 23.3 Å². The third-order valence-electron chi connectivity index (χ3n) is 14.1. The Bertz CT molecular complexity index is 2360. The van der Waals surface area contributed by atoms with Crippen LogP contribution in [0.3, 0.4) is 0 Å². The van der Waals surface area contributed by atoms with Gasteiger partial charge in [-0.1, -0.05) is 96.4 Å². The Kier molecular flexibility index (Phi) is 15.1. The summed E-state index contributed by atoms with van der Waals surface area (Å²) in [6.07, 6.45) is 5.77. The maximum absolute atomic E-state index is 13.8. The van der Waals surface area contributed by atoms with Gasteiger partial charge in [-0.15, -0.1) is 0 Å². The van der Waals surface area contributed by atoms with E-state index in [1.54, 1.807) is 0 Å². The fraction of sp³-hybridized carbons (Fsp3) is 0.529. The van der Waals surface area contributed by atoms with Gasteiger partial charge < -0.3 is 40.9 Å². The highest BCUT2D eigenvalue weighted by Crippen LogP contribution is 2.46. The Hall–Kier alpha value is -5.42. The average molecular weight is 982 g/mol.